The number of carbonyl (C=O) groups excluding carboxylic acids is 2. The van der Waals surface area contributed by atoms with Gasteiger partial charge in [0.05, 0.1) is 32.0 Å². The van der Waals surface area contributed by atoms with Crippen molar-refractivity contribution in [3.63, 3.8) is 0 Å². The number of likely N-dealkylation sites (tertiary alicyclic amines) is 1. The molecule has 4 atom stereocenters. The minimum Gasteiger partial charge on any atom is -0.444 e. The summed E-state index contributed by atoms with van der Waals surface area (Å²) >= 11 is 0. The van der Waals surface area contributed by atoms with Gasteiger partial charge in [-0.15, -0.1) is 0 Å². The van der Waals surface area contributed by atoms with Gasteiger partial charge in [-0.3, -0.25) is 14.1 Å². The van der Waals surface area contributed by atoms with Crippen molar-refractivity contribution in [3.05, 3.63) is 34.4 Å². The zero-order valence-electron chi connectivity index (χ0n) is 20.2. The number of aliphatic hydroxyl groups is 2. The van der Waals surface area contributed by atoms with Gasteiger partial charge in [-0.1, -0.05) is 12.1 Å². The number of nitrogens with zero attached hydrogens (tertiary/aromatic N) is 2. The lowest BCUT2D eigenvalue weighted by molar-refractivity contribution is -0.132. The van der Waals surface area contributed by atoms with Crippen molar-refractivity contribution in [2.45, 2.75) is 77.0 Å². The van der Waals surface area contributed by atoms with Crippen molar-refractivity contribution in [1.29, 1.82) is 0 Å². The minimum absolute atomic E-state index is 0.00680. The number of alkyl carbamates (subject to hydrolysis) is 1. The van der Waals surface area contributed by atoms with E-state index in [2.05, 4.69) is 10.2 Å². The minimum atomic E-state index is -0.656. The van der Waals surface area contributed by atoms with Crippen molar-refractivity contribution in [3.8, 4) is 0 Å². The molecule has 188 valence electrons. The van der Waals surface area contributed by atoms with Crippen LogP contribution in [-0.2, 0) is 29.2 Å². The number of amides is 2. The van der Waals surface area contributed by atoms with Crippen molar-refractivity contribution in [1.82, 2.24) is 15.1 Å². The molecule has 9 heteroatoms. The maximum atomic E-state index is 13.4. The summed E-state index contributed by atoms with van der Waals surface area (Å²) in [5, 5.41) is 22.5. The van der Waals surface area contributed by atoms with Gasteiger partial charge in [0, 0.05) is 38.0 Å². The summed E-state index contributed by atoms with van der Waals surface area (Å²) in [7, 11) is 0. The van der Waals surface area contributed by atoms with Gasteiger partial charge in [-0.25, -0.2) is 4.79 Å². The Morgan fingerprint density at radius 2 is 1.91 bits per heavy atom. The molecule has 0 bridgehead atoms. The predicted molar refractivity (Wildman–Crippen MR) is 124 cm³/mol. The lowest BCUT2D eigenvalue weighted by Gasteiger charge is -2.49. The molecule has 0 aliphatic carbocycles. The Morgan fingerprint density at radius 3 is 2.53 bits per heavy atom. The molecule has 0 spiro atoms. The maximum Gasteiger partial charge on any atom is 0.407 e. The molecule has 2 fully saturated rings. The second-order valence-corrected chi connectivity index (χ2v) is 10.7. The van der Waals surface area contributed by atoms with E-state index in [-0.39, 0.29) is 49.6 Å². The molecule has 34 heavy (non-hydrogen) atoms. The van der Waals surface area contributed by atoms with Gasteiger partial charge < -0.3 is 25.2 Å². The molecule has 2 saturated heterocycles. The summed E-state index contributed by atoms with van der Waals surface area (Å²) in [5.41, 5.74) is 2.98. The second-order valence-electron chi connectivity index (χ2n) is 10.7. The lowest BCUT2D eigenvalue weighted by atomic mass is 9.81. The molecule has 1 aromatic rings. The summed E-state index contributed by atoms with van der Waals surface area (Å²) in [4.78, 5) is 29.5. The van der Waals surface area contributed by atoms with Crippen LogP contribution in [0.1, 0.15) is 61.9 Å². The molecule has 3 aliphatic heterocycles. The monoisotopic (exact) mass is 477 g/mol. The van der Waals surface area contributed by atoms with Crippen molar-refractivity contribution < 1.29 is 28.9 Å². The van der Waals surface area contributed by atoms with E-state index in [1.165, 1.54) is 0 Å². The molecule has 1 aromatic carbocycles. The largest absolute Gasteiger partial charge is 0.444 e. The van der Waals surface area contributed by atoms with Gasteiger partial charge in [0.2, 0.25) is 5.91 Å². The van der Waals surface area contributed by atoms with Crippen molar-refractivity contribution in [2.24, 2.45) is 5.92 Å². The number of fused-ring (bicyclic) bond motifs is 3. The first-order chi connectivity index (χ1) is 16.1. The number of nitrogens with one attached hydrogen (secondary N) is 1. The van der Waals surface area contributed by atoms with Crippen LogP contribution in [0, 0.1) is 5.92 Å². The van der Waals surface area contributed by atoms with Gasteiger partial charge in [0.25, 0.3) is 0 Å². The Balaban J connectivity index is 1.63. The van der Waals surface area contributed by atoms with E-state index >= 15 is 0 Å². The molecule has 0 saturated carbocycles. The topological polar surface area (TPSA) is 102 Å². The Kier molecular flexibility index (Phi) is 7.17. The van der Waals surface area contributed by atoms with E-state index in [0.29, 0.717) is 25.1 Å². The van der Waals surface area contributed by atoms with E-state index in [1.54, 1.807) is 25.7 Å². The molecular formula is C25H36FN3O5. The molecule has 3 aliphatic rings. The van der Waals surface area contributed by atoms with E-state index in [4.69, 9.17) is 4.74 Å². The SMILES string of the molecule is CC(C)(C)OC(=O)N[C@H]1C[C@H]2c3cc(CO)c(CO)cc3CCN2CC1N1C[C@@H](CF)CC1=O. The number of alkyl halides is 1. The number of benzene rings is 1. The lowest BCUT2D eigenvalue weighted by Crippen LogP contribution is -2.62. The van der Waals surface area contributed by atoms with Crippen LogP contribution in [0.2, 0.25) is 0 Å². The number of aliphatic hydroxyl groups excluding tert-OH is 2. The molecule has 2 amide bonds. The number of ether oxygens (including phenoxy) is 1. The highest BCUT2D eigenvalue weighted by atomic mass is 19.1. The first-order valence-corrected chi connectivity index (χ1v) is 12.1. The third kappa shape index (κ3) is 5.06. The van der Waals surface area contributed by atoms with Crippen LogP contribution in [-0.4, -0.2) is 76.0 Å². The standard InChI is InChI=1S/C25H36FN3O5/c1-25(2,3)34-24(33)27-20-9-21-19-8-18(14-31)17(13-30)7-16(19)4-5-28(21)12-22(20)29-11-15(10-26)6-23(29)32/h7-8,15,20-22,30-31H,4-6,9-14H2,1-3H3,(H,27,33)/t15-,20+,21+,22?/m1/s1. The third-order valence-corrected chi connectivity index (χ3v) is 7.19. The van der Waals surface area contributed by atoms with Gasteiger partial charge in [-0.05, 0) is 55.9 Å². The van der Waals surface area contributed by atoms with E-state index in [9.17, 15) is 24.2 Å². The van der Waals surface area contributed by atoms with Crippen LogP contribution in [0.5, 0.6) is 0 Å². The average molecular weight is 478 g/mol. The van der Waals surface area contributed by atoms with Crippen LogP contribution in [0.4, 0.5) is 9.18 Å². The highest BCUT2D eigenvalue weighted by Crippen LogP contribution is 2.40. The van der Waals surface area contributed by atoms with Crippen molar-refractivity contribution in [2.75, 3.05) is 26.3 Å². The summed E-state index contributed by atoms with van der Waals surface area (Å²) in [6, 6.07) is 3.29. The second kappa shape index (κ2) is 9.79. The number of piperidine rings is 1. The van der Waals surface area contributed by atoms with Crippen LogP contribution >= 0.6 is 0 Å². The van der Waals surface area contributed by atoms with E-state index in [1.807, 2.05) is 12.1 Å². The summed E-state index contributed by atoms with van der Waals surface area (Å²) < 4.78 is 18.9. The quantitative estimate of drug-likeness (QED) is 0.600. The fourth-order valence-electron chi connectivity index (χ4n) is 5.62. The number of hydrogen-bond donors (Lipinski definition) is 3. The molecule has 0 radical (unpaired) electrons. The Bertz CT molecular complexity index is 934. The maximum absolute atomic E-state index is 13.4. The highest BCUT2D eigenvalue weighted by Gasteiger charge is 2.46. The number of carbonyl (C=O) groups is 2. The Morgan fingerprint density at radius 1 is 1.21 bits per heavy atom. The zero-order valence-corrected chi connectivity index (χ0v) is 20.2. The Hall–Kier alpha value is -2.23. The number of halogens is 1. The van der Waals surface area contributed by atoms with Crippen LogP contribution < -0.4 is 5.32 Å². The first kappa shape index (κ1) is 24.9. The van der Waals surface area contributed by atoms with Crippen LogP contribution in [0.3, 0.4) is 0 Å². The normalized spacial score (nSPS) is 27.4. The molecule has 1 unspecified atom stereocenters. The average Bonchev–Trinajstić information content (AvgIpc) is 3.16. The molecule has 0 aromatic heterocycles. The number of hydrogen-bond acceptors (Lipinski definition) is 6. The van der Waals surface area contributed by atoms with E-state index in [0.717, 1.165) is 29.7 Å². The Labute approximate surface area is 200 Å². The molecular weight excluding hydrogens is 441 g/mol. The number of rotatable bonds is 5. The zero-order chi connectivity index (χ0) is 24.6. The first-order valence-electron chi connectivity index (χ1n) is 12.1. The molecule has 3 heterocycles. The molecule has 8 nitrogen and oxygen atoms in total. The highest BCUT2D eigenvalue weighted by molar-refractivity contribution is 5.79. The fraction of sp³-hybridized carbons (Fsp3) is 0.680. The summed E-state index contributed by atoms with van der Waals surface area (Å²) in [5.74, 6) is -0.381. The van der Waals surface area contributed by atoms with Crippen LogP contribution in [0.25, 0.3) is 0 Å². The summed E-state index contributed by atoms with van der Waals surface area (Å²) in [6.45, 7) is 6.28. The predicted octanol–water partition coefficient (Wildman–Crippen LogP) is 2.05. The van der Waals surface area contributed by atoms with Gasteiger partial charge in [0.15, 0.2) is 0 Å². The van der Waals surface area contributed by atoms with Gasteiger partial charge >= 0.3 is 6.09 Å². The van der Waals surface area contributed by atoms with Gasteiger partial charge in [-0.2, -0.15) is 0 Å². The fourth-order valence-corrected chi connectivity index (χ4v) is 5.62. The third-order valence-electron chi connectivity index (χ3n) is 7.19. The van der Waals surface area contributed by atoms with Crippen molar-refractivity contribution >= 4 is 12.0 Å². The smallest absolute Gasteiger partial charge is 0.407 e. The molecule has 4 rings (SSSR count). The van der Waals surface area contributed by atoms with Crippen LogP contribution in [0.15, 0.2) is 12.1 Å². The summed E-state index contributed by atoms with van der Waals surface area (Å²) in [6.07, 6.45) is 1.02. The van der Waals surface area contributed by atoms with E-state index < -0.39 is 18.4 Å². The van der Waals surface area contributed by atoms with Gasteiger partial charge in [0.1, 0.15) is 5.60 Å². The molecule has 3 N–H and O–H groups in total.